The zero-order valence-corrected chi connectivity index (χ0v) is 20.4. The molecule has 5 nitrogen and oxygen atoms in total. The van der Waals surface area contributed by atoms with E-state index in [1.165, 1.54) is 33.6 Å². The lowest BCUT2D eigenvalue weighted by Crippen LogP contribution is -2.25. The molecule has 0 unspecified atom stereocenters. The first-order valence-corrected chi connectivity index (χ1v) is 12.4. The highest BCUT2D eigenvalue weighted by molar-refractivity contribution is 7.14. The summed E-state index contributed by atoms with van der Waals surface area (Å²) in [5.41, 5.74) is 4.82. The van der Waals surface area contributed by atoms with Crippen LogP contribution in [0.3, 0.4) is 0 Å². The number of hydrogen-bond acceptors (Lipinski definition) is 5. The molecule has 0 saturated heterocycles. The quantitative estimate of drug-likeness (QED) is 0.356. The minimum absolute atomic E-state index is 0.0941. The van der Waals surface area contributed by atoms with Gasteiger partial charge in [0.2, 0.25) is 0 Å². The van der Waals surface area contributed by atoms with Gasteiger partial charge in [-0.3, -0.25) is 9.59 Å². The SMILES string of the molecule is Cc1cc(O[C@H](CC(C)C)c2ccc(C(=O)NCCC(=O)O)s2)cc(C)c1-c1ccsc1. The summed E-state index contributed by atoms with van der Waals surface area (Å²) < 4.78 is 6.45. The number of ether oxygens (including phenoxy) is 1. The Morgan fingerprint density at radius 1 is 1.12 bits per heavy atom. The van der Waals surface area contributed by atoms with Crippen molar-refractivity contribution in [1.29, 1.82) is 0 Å². The Kier molecular flexibility index (Phi) is 8.10. The Labute approximate surface area is 197 Å². The van der Waals surface area contributed by atoms with Gasteiger partial charge in [-0.05, 0) is 89.5 Å². The number of hydrogen-bond donors (Lipinski definition) is 2. The topological polar surface area (TPSA) is 75.6 Å². The van der Waals surface area contributed by atoms with E-state index in [0.29, 0.717) is 10.8 Å². The third-order valence-corrected chi connectivity index (χ3v) is 6.93. The summed E-state index contributed by atoms with van der Waals surface area (Å²) in [6.07, 6.45) is 0.569. The second-order valence-corrected chi connectivity index (χ2v) is 10.2. The summed E-state index contributed by atoms with van der Waals surface area (Å²) in [6.45, 7) is 8.63. The van der Waals surface area contributed by atoms with Gasteiger partial charge in [0.15, 0.2) is 0 Å². The fourth-order valence-corrected chi connectivity index (χ4v) is 5.30. The molecule has 3 aromatic rings. The van der Waals surface area contributed by atoms with Gasteiger partial charge in [-0.2, -0.15) is 11.3 Å². The maximum Gasteiger partial charge on any atom is 0.305 e. The molecule has 7 heteroatoms. The van der Waals surface area contributed by atoms with Crippen molar-refractivity contribution in [3.05, 3.63) is 62.0 Å². The second kappa shape index (κ2) is 10.8. The zero-order chi connectivity index (χ0) is 23.3. The smallest absolute Gasteiger partial charge is 0.305 e. The summed E-state index contributed by atoms with van der Waals surface area (Å²) in [7, 11) is 0. The van der Waals surface area contributed by atoms with Crippen LogP contribution in [0.15, 0.2) is 41.1 Å². The predicted molar refractivity (Wildman–Crippen MR) is 131 cm³/mol. The molecule has 32 heavy (non-hydrogen) atoms. The molecule has 0 aliphatic carbocycles. The Hall–Kier alpha value is -2.64. The lowest BCUT2D eigenvalue weighted by atomic mass is 9.97. The summed E-state index contributed by atoms with van der Waals surface area (Å²) in [5, 5.41) is 15.6. The highest BCUT2D eigenvalue weighted by Crippen LogP contribution is 2.36. The van der Waals surface area contributed by atoms with Crippen molar-refractivity contribution in [3.63, 3.8) is 0 Å². The Morgan fingerprint density at radius 3 is 2.44 bits per heavy atom. The Bertz CT molecular complexity index is 1050. The molecule has 170 valence electrons. The fraction of sp³-hybridized carbons (Fsp3) is 0.360. The molecule has 0 spiro atoms. The van der Waals surface area contributed by atoms with Gasteiger partial charge in [0.1, 0.15) is 11.9 Å². The number of nitrogens with one attached hydrogen (secondary N) is 1. The molecule has 0 radical (unpaired) electrons. The molecule has 0 fully saturated rings. The largest absolute Gasteiger partial charge is 0.485 e. The van der Waals surface area contributed by atoms with Crippen LogP contribution in [0.5, 0.6) is 5.75 Å². The normalized spacial score (nSPS) is 12.0. The van der Waals surface area contributed by atoms with Gasteiger partial charge in [0, 0.05) is 11.4 Å². The maximum atomic E-state index is 12.3. The van der Waals surface area contributed by atoms with Crippen molar-refractivity contribution >= 4 is 34.6 Å². The average Bonchev–Trinajstić information content (AvgIpc) is 3.39. The number of rotatable bonds is 10. The van der Waals surface area contributed by atoms with Gasteiger partial charge >= 0.3 is 5.97 Å². The monoisotopic (exact) mass is 471 g/mol. The highest BCUT2D eigenvalue weighted by atomic mass is 32.1. The summed E-state index contributed by atoms with van der Waals surface area (Å²) in [5.74, 6) is 0.0588. The first-order valence-electron chi connectivity index (χ1n) is 10.6. The van der Waals surface area contributed by atoms with E-state index in [4.69, 9.17) is 9.84 Å². The third-order valence-electron chi connectivity index (χ3n) is 5.07. The van der Waals surface area contributed by atoms with Gasteiger partial charge in [-0.15, -0.1) is 11.3 Å². The number of amides is 1. The van der Waals surface area contributed by atoms with Gasteiger partial charge in [0.05, 0.1) is 11.3 Å². The standard InChI is InChI=1S/C25H29NO4S2/c1-15(2)11-20(21-5-6-22(32-21)25(29)26-9-7-23(27)28)30-19-12-16(3)24(17(4)13-19)18-8-10-31-14-18/h5-6,8,10,12-15,20H,7,9,11H2,1-4H3,(H,26,29)(H,27,28)/t20-/m1/s1. The van der Waals surface area contributed by atoms with Crippen LogP contribution in [0.1, 0.15) is 58.5 Å². The molecular formula is C25H29NO4S2. The molecule has 2 heterocycles. The van der Waals surface area contributed by atoms with Crippen molar-refractivity contribution in [1.82, 2.24) is 5.32 Å². The third kappa shape index (κ3) is 6.20. The molecule has 0 aliphatic rings. The van der Waals surface area contributed by atoms with Gasteiger partial charge in [-0.1, -0.05) is 13.8 Å². The van der Waals surface area contributed by atoms with Crippen molar-refractivity contribution in [2.75, 3.05) is 6.54 Å². The number of carbonyl (C=O) groups excluding carboxylic acids is 1. The molecule has 3 rings (SSSR count). The maximum absolute atomic E-state index is 12.3. The number of carbonyl (C=O) groups is 2. The molecule has 0 aliphatic heterocycles. The van der Waals surface area contributed by atoms with E-state index in [0.717, 1.165) is 17.0 Å². The number of aliphatic carboxylic acids is 1. The number of benzene rings is 1. The molecule has 1 aromatic carbocycles. The van der Waals surface area contributed by atoms with Crippen molar-refractivity contribution < 1.29 is 19.4 Å². The molecule has 0 saturated carbocycles. The van der Waals surface area contributed by atoms with Crippen LogP contribution in [0.2, 0.25) is 0 Å². The van der Waals surface area contributed by atoms with Crippen LogP contribution in [0.25, 0.3) is 11.1 Å². The van der Waals surface area contributed by atoms with Crippen LogP contribution in [0.4, 0.5) is 0 Å². The highest BCUT2D eigenvalue weighted by Gasteiger charge is 2.21. The number of carboxylic acids is 1. The van der Waals surface area contributed by atoms with Crippen LogP contribution < -0.4 is 10.1 Å². The van der Waals surface area contributed by atoms with Gasteiger partial charge in [0.25, 0.3) is 5.91 Å². The van der Waals surface area contributed by atoms with E-state index >= 15 is 0 Å². The zero-order valence-electron chi connectivity index (χ0n) is 18.8. The Balaban J connectivity index is 1.79. The molecular weight excluding hydrogens is 442 g/mol. The summed E-state index contributed by atoms with van der Waals surface area (Å²) >= 11 is 3.09. The van der Waals surface area contributed by atoms with Crippen LogP contribution in [0, 0.1) is 19.8 Å². The number of carboxylic acid groups (broad SMARTS) is 1. The van der Waals surface area contributed by atoms with Crippen LogP contribution in [-0.2, 0) is 4.79 Å². The molecule has 1 atom stereocenters. The number of thiophene rings is 2. The summed E-state index contributed by atoms with van der Waals surface area (Å²) in [4.78, 5) is 24.5. The molecule has 2 N–H and O–H groups in total. The lowest BCUT2D eigenvalue weighted by Gasteiger charge is -2.21. The first kappa shape index (κ1) is 24.0. The minimum atomic E-state index is -0.932. The molecule has 1 amide bonds. The molecule has 0 bridgehead atoms. The fourth-order valence-electron chi connectivity index (χ4n) is 3.69. The van der Waals surface area contributed by atoms with Crippen molar-refractivity contribution in [3.8, 4) is 16.9 Å². The average molecular weight is 472 g/mol. The van der Waals surface area contributed by atoms with E-state index < -0.39 is 5.97 Å². The second-order valence-electron chi connectivity index (χ2n) is 8.28. The Morgan fingerprint density at radius 2 is 1.84 bits per heavy atom. The number of aryl methyl sites for hydroxylation is 2. The van der Waals surface area contributed by atoms with E-state index in [-0.39, 0.29) is 25.0 Å². The molecule has 2 aromatic heterocycles. The van der Waals surface area contributed by atoms with E-state index in [1.807, 2.05) is 6.07 Å². The lowest BCUT2D eigenvalue weighted by molar-refractivity contribution is -0.136. The van der Waals surface area contributed by atoms with Crippen molar-refractivity contribution in [2.24, 2.45) is 5.92 Å². The minimum Gasteiger partial charge on any atom is -0.485 e. The predicted octanol–water partition coefficient (Wildman–Crippen LogP) is 6.46. The van der Waals surface area contributed by atoms with Crippen LogP contribution in [-0.4, -0.2) is 23.5 Å². The first-order chi connectivity index (χ1) is 15.2. The van der Waals surface area contributed by atoms with Gasteiger partial charge < -0.3 is 15.2 Å². The van der Waals surface area contributed by atoms with Crippen molar-refractivity contribution in [2.45, 2.75) is 46.6 Å². The van der Waals surface area contributed by atoms with Gasteiger partial charge in [-0.25, -0.2) is 0 Å². The van der Waals surface area contributed by atoms with E-state index in [9.17, 15) is 9.59 Å². The van der Waals surface area contributed by atoms with E-state index in [2.05, 4.69) is 62.0 Å². The summed E-state index contributed by atoms with van der Waals surface area (Å²) in [6, 6.07) is 10.0. The van der Waals surface area contributed by atoms with E-state index in [1.54, 1.807) is 17.4 Å². The van der Waals surface area contributed by atoms with Crippen LogP contribution >= 0.6 is 22.7 Å².